The van der Waals surface area contributed by atoms with Gasteiger partial charge < -0.3 is 9.84 Å². The minimum Gasteiger partial charge on any atom is -0.339 e. The van der Waals surface area contributed by atoms with Crippen LogP contribution >= 0.6 is 11.8 Å². The van der Waals surface area contributed by atoms with Crippen LogP contribution in [0.1, 0.15) is 31.5 Å². The highest BCUT2D eigenvalue weighted by molar-refractivity contribution is 7.98. The Kier molecular flexibility index (Phi) is 4.99. The fourth-order valence-electron chi connectivity index (χ4n) is 1.64. The van der Waals surface area contributed by atoms with Gasteiger partial charge in [-0.3, -0.25) is 0 Å². The number of benzene rings is 1. The number of hydrogen-bond acceptors (Lipinski definition) is 5. The van der Waals surface area contributed by atoms with E-state index in [0.29, 0.717) is 11.9 Å². The summed E-state index contributed by atoms with van der Waals surface area (Å²) in [6, 6.07) is 10.5. The van der Waals surface area contributed by atoms with Gasteiger partial charge in [0.15, 0.2) is 5.82 Å². The van der Waals surface area contributed by atoms with Gasteiger partial charge in [-0.25, -0.2) is 0 Å². The molecule has 0 aliphatic rings. The molecule has 0 radical (unpaired) electrons. The summed E-state index contributed by atoms with van der Waals surface area (Å²) in [6.07, 6.45) is 0. The Bertz CT molecular complexity index is 500. The number of hydrogen-bond donors (Lipinski definition) is 1. The van der Waals surface area contributed by atoms with Crippen LogP contribution < -0.4 is 5.32 Å². The Labute approximate surface area is 118 Å². The molecule has 102 valence electrons. The molecule has 1 N–H and O–H groups in total. The van der Waals surface area contributed by atoms with Gasteiger partial charge in [-0.05, 0) is 26.1 Å². The van der Waals surface area contributed by atoms with Crippen LogP contribution in [-0.4, -0.2) is 23.2 Å². The third kappa shape index (κ3) is 3.81. The minimum absolute atomic E-state index is 0.216. The van der Waals surface area contributed by atoms with E-state index in [-0.39, 0.29) is 5.92 Å². The highest BCUT2D eigenvalue weighted by Gasteiger charge is 2.19. The normalized spacial score (nSPS) is 14.3. The van der Waals surface area contributed by atoms with Crippen LogP contribution in [0.5, 0.6) is 0 Å². The quantitative estimate of drug-likeness (QED) is 0.822. The third-order valence-corrected chi connectivity index (χ3v) is 4.20. The van der Waals surface area contributed by atoms with Crippen LogP contribution in [0.3, 0.4) is 0 Å². The minimum atomic E-state index is 0.216. The van der Waals surface area contributed by atoms with Gasteiger partial charge in [-0.1, -0.05) is 30.3 Å². The van der Waals surface area contributed by atoms with Gasteiger partial charge in [-0.15, -0.1) is 11.8 Å². The molecule has 0 fully saturated rings. The molecule has 2 atom stereocenters. The average molecular weight is 277 g/mol. The second-order valence-electron chi connectivity index (χ2n) is 4.52. The van der Waals surface area contributed by atoms with Gasteiger partial charge in [0.1, 0.15) is 0 Å². The molecule has 0 aliphatic carbocycles. The van der Waals surface area contributed by atoms with Crippen molar-refractivity contribution < 1.29 is 4.52 Å². The smallest absolute Gasteiger partial charge is 0.231 e. The van der Waals surface area contributed by atoms with Crippen LogP contribution in [0.25, 0.3) is 0 Å². The van der Waals surface area contributed by atoms with Gasteiger partial charge in [-0.2, -0.15) is 4.98 Å². The van der Waals surface area contributed by atoms with Gasteiger partial charge in [0.2, 0.25) is 5.89 Å². The Morgan fingerprint density at radius 1 is 1.26 bits per heavy atom. The Balaban J connectivity index is 1.94. The Morgan fingerprint density at radius 3 is 2.68 bits per heavy atom. The van der Waals surface area contributed by atoms with Crippen molar-refractivity contribution in [3.63, 3.8) is 0 Å². The van der Waals surface area contributed by atoms with Crippen molar-refractivity contribution in [1.29, 1.82) is 0 Å². The molecule has 0 saturated carbocycles. The highest BCUT2D eigenvalue weighted by Crippen LogP contribution is 2.22. The molecule has 0 saturated heterocycles. The third-order valence-electron chi connectivity index (χ3n) is 3.19. The first-order valence-corrected chi connectivity index (χ1v) is 7.37. The Morgan fingerprint density at radius 2 is 2.00 bits per heavy atom. The van der Waals surface area contributed by atoms with E-state index in [9.17, 15) is 0 Å². The van der Waals surface area contributed by atoms with E-state index in [1.54, 1.807) is 11.8 Å². The first-order valence-electron chi connectivity index (χ1n) is 6.38. The van der Waals surface area contributed by atoms with E-state index in [0.717, 1.165) is 11.6 Å². The van der Waals surface area contributed by atoms with E-state index in [1.165, 1.54) is 4.90 Å². The standard InChI is InChI=1S/C14H19N3OS/c1-10(11(2)15-3)14-16-13(17-18-14)9-19-12-7-5-4-6-8-12/h4-8,10-11,15H,9H2,1-3H3. The average Bonchev–Trinajstić information content (AvgIpc) is 2.93. The first kappa shape index (κ1) is 14.1. The molecule has 5 heteroatoms. The number of likely N-dealkylation sites (N-methyl/N-ethyl adjacent to an activating group) is 1. The lowest BCUT2D eigenvalue weighted by atomic mass is 10.0. The predicted molar refractivity (Wildman–Crippen MR) is 77.2 cm³/mol. The van der Waals surface area contributed by atoms with Crippen molar-refractivity contribution in [3.8, 4) is 0 Å². The molecule has 1 aromatic heterocycles. The molecule has 2 rings (SSSR count). The molecule has 0 spiro atoms. The second-order valence-corrected chi connectivity index (χ2v) is 5.57. The van der Waals surface area contributed by atoms with Crippen molar-refractivity contribution in [2.45, 2.75) is 36.5 Å². The molecule has 2 aromatic rings. The SMILES string of the molecule is CNC(C)C(C)c1nc(CSc2ccccc2)no1. The lowest BCUT2D eigenvalue weighted by molar-refractivity contribution is 0.334. The van der Waals surface area contributed by atoms with Crippen molar-refractivity contribution >= 4 is 11.8 Å². The summed E-state index contributed by atoms with van der Waals surface area (Å²) in [7, 11) is 1.93. The van der Waals surface area contributed by atoms with Gasteiger partial charge in [0.05, 0.1) is 11.7 Å². The lowest BCUT2D eigenvalue weighted by Crippen LogP contribution is -2.27. The Hall–Kier alpha value is -1.33. The van der Waals surface area contributed by atoms with Crippen molar-refractivity contribution in [1.82, 2.24) is 15.5 Å². The molecule has 0 aliphatic heterocycles. The van der Waals surface area contributed by atoms with E-state index >= 15 is 0 Å². The van der Waals surface area contributed by atoms with Gasteiger partial charge in [0, 0.05) is 10.9 Å². The highest BCUT2D eigenvalue weighted by atomic mass is 32.2. The van der Waals surface area contributed by atoms with E-state index in [1.807, 2.05) is 25.2 Å². The van der Waals surface area contributed by atoms with E-state index in [4.69, 9.17) is 4.52 Å². The largest absolute Gasteiger partial charge is 0.339 e. The molecular weight excluding hydrogens is 258 g/mol. The van der Waals surface area contributed by atoms with Crippen molar-refractivity contribution in [3.05, 3.63) is 42.0 Å². The predicted octanol–water partition coefficient (Wildman–Crippen LogP) is 3.07. The number of rotatable bonds is 6. The zero-order valence-electron chi connectivity index (χ0n) is 11.5. The zero-order valence-corrected chi connectivity index (χ0v) is 12.3. The summed E-state index contributed by atoms with van der Waals surface area (Å²) in [6.45, 7) is 4.19. The number of nitrogens with one attached hydrogen (secondary N) is 1. The van der Waals surface area contributed by atoms with Crippen molar-refractivity contribution in [2.75, 3.05) is 7.05 Å². The van der Waals surface area contributed by atoms with Crippen molar-refractivity contribution in [2.24, 2.45) is 0 Å². The lowest BCUT2D eigenvalue weighted by Gasteiger charge is -2.14. The second kappa shape index (κ2) is 6.73. The molecule has 0 bridgehead atoms. The molecule has 1 heterocycles. The van der Waals surface area contributed by atoms with E-state index < -0.39 is 0 Å². The fourth-order valence-corrected chi connectivity index (χ4v) is 2.40. The molecule has 0 amide bonds. The van der Waals surface area contributed by atoms with Crippen LogP contribution in [0.4, 0.5) is 0 Å². The van der Waals surface area contributed by atoms with Crippen LogP contribution in [0.15, 0.2) is 39.8 Å². The fraction of sp³-hybridized carbons (Fsp3) is 0.429. The maximum absolute atomic E-state index is 5.32. The maximum atomic E-state index is 5.32. The molecule has 19 heavy (non-hydrogen) atoms. The molecular formula is C14H19N3OS. The number of aromatic nitrogens is 2. The van der Waals surface area contributed by atoms with Crippen LogP contribution in [-0.2, 0) is 5.75 Å². The number of thioether (sulfide) groups is 1. The number of nitrogens with zero attached hydrogens (tertiary/aromatic N) is 2. The molecule has 4 nitrogen and oxygen atoms in total. The first-order chi connectivity index (χ1) is 9.20. The topological polar surface area (TPSA) is 51.0 Å². The van der Waals surface area contributed by atoms with Crippen LogP contribution in [0, 0.1) is 0 Å². The zero-order chi connectivity index (χ0) is 13.7. The van der Waals surface area contributed by atoms with E-state index in [2.05, 4.69) is 41.4 Å². The summed E-state index contributed by atoms with van der Waals surface area (Å²) in [4.78, 5) is 5.67. The summed E-state index contributed by atoms with van der Waals surface area (Å²) >= 11 is 1.71. The van der Waals surface area contributed by atoms with Gasteiger partial charge in [0.25, 0.3) is 0 Å². The monoisotopic (exact) mass is 277 g/mol. The summed E-state index contributed by atoms with van der Waals surface area (Å²) in [5, 5.41) is 7.23. The van der Waals surface area contributed by atoms with Gasteiger partial charge >= 0.3 is 0 Å². The molecule has 1 aromatic carbocycles. The molecule has 2 unspecified atom stereocenters. The van der Waals surface area contributed by atoms with Crippen LogP contribution in [0.2, 0.25) is 0 Å². The summed E-state index contributed by atoms with van der Waals surface area (Å²) < 4.78 is 5.32. The summed E-state index contributed by atoms with van der Waals surface area (Å²) in [5.74, 6) is 2.39. The maximum Gasteiger partial charge on any atom is 0.231 e. The summed E-state index contributed by atoms with van der Waals surface area (Å²) in [5.41, 5.74) is 0.